The van der Waals surface area contributed by atoms with Crippen LogP contribution in [0.5, 0.6) is 5.75 Å². The van der Waals surface area contributed by atoms with Crippen LogP contribution in [0.4, 0.5) is 4.79 Å². The third-order valence-electron chi connectivity index (χ3n) is 8.30. The van der Waals surface area contributed by atoms with Gasteiger partial charge in [0.2, 0.25) is 0 Å². The Morgan fingerprint density at radius 2 is 1.86 bits per heavy atom. The van der Waals surface area contributed by atoms with E-state index < -0.39 is 5.60 Å². The number of benzene rings is 2. The lowest BCUT2D eigenvalue weighted by Crippen LogP contribution is -2.51. The average molecular weight is 479 g/mol. The van der Waals surface area contributed by atoms with Crippen LogP contribution in [0, 0.1) is 5.92 Å². The molecule has 1 fully saturated rings. The van der Waals surface area contributed by atoms with Gasteiger partial charge < -0.3 is 19.6 Å². The second-order valence-corrected chi connectivity index (χ2v) is 11.1. The van der Waals surface area contributed by atoms with Crippen LogP contribution in [-0.2, 0) is 18.3 Å². The van der Waals surface area contributed by atoms with Crippen LogP contribution < -0.4 is 4.74 Å². The van der Waals surface area contributed by atoms with Gasteiger partial charge in [-0.05, 0) is 93.8 Å². The minimum absolute atomic E-state index is 0.0138. The number of amides is 1. The highest BCUT2D eigenvalue weighted by molar-refractivity contribution is 5.70. The Morgan fingerprint density at radius 1 is 1.09 bits per heavy atom. The van der Waals surface area contributed by atoms with Gasteiger partial charge in [-0.2, -0.15) is 0 Å². The van der Waals surface area contributed by atoms with Gasteiger partial charge in [0.25, 0.3) is 0 Å². The smallest absolute Gasteiger partial charge is 0.410 e. The Labute approximate surface area is 211 Å². The van der Waals surface area contributed by atoms with Crippen molar-refractivity contribution in [3.05, 3.63) is 65.2 Å². The Balaban J connectivity index is 1.60. The summed E-state index contributed by atoms with van der Waals surface area (Å²) < 4.78 is 5.76. The number of carbonyl (C=O) groups excluding carboxylic acids is 1. The van der Waals surface area contributed by atoms with E-state index in [1.165, 1.54) is 16.7 Å². The zero-order valence-corrected chi connectivity index (χ0v) is 21.9. The van der Waals surface area contributed by atoms with E-state index in [-0.39, 0.29) is 11.5 Å². The first-order chi connectivity index (χ1) is 16.7. The summed E-state index contributed by atoms with van der Waals surface area (Å²) in [5.74, 6) is 1.07. The van der Waals surface area contributed by atoms with Crippen molar-refractivity contribution in [1.82, 2.24) is 9.80 Å². The maximum atomic E-state index is 12.6. The Kier molecular flexibility index (Phi) is 7.87. The molecule has 1 unspecified atom stereocenters. The molecule has 3 atom stereocenters. The van der Waals surface area contributed by atoms with Crippen molar-refractivity contribution < 1.29 is 14.6 Å². The van der Waals surface area contributed by atoms with E-state index in [9.17, 15) is 9.90 Å². The monoisotopic (exact) mass is 478 g/mol. The molecule has 5 heteroatoms. The van der Waals surface area contributed by atoms with Gasteiger partial charge in [0, 0.05) is 25.6 Å². The Hall–Kier alpha value is -2.37. The molecular weight excluding hydrogens is 436 g/mol. The van der Waals surface area contributed by atoms with Crippen molar-refractivity contribution in [2.24, 2.45) is 5.92 Å². The fourth-order valence-electron chi connectivity index (χ4n) is 6.41. The van der Waals surface area contributed by atoms with E-state index in [2.05, 4.69) is 54.3 Å². The maximum Gasteiger partial charge on any atom is 0.415 e. The molecule has 0 aromatic heterocycles. The van der Waals surface area contributed by atoms with Crippen molar-refractivity contribution >= 4 is 6.09 Å². The molecule has 2 aliphatic rings. The fraction of sp³-hybridized carbons (Fsp3) is 0.567. The van der Waals surface area contributed by atoms with Crippen molar-refractivity contribution in [3.8, 4) is 5.75 Å². The molecule has 4 rings (SSSR count). The molecule has 1 saturated carbocycles. The van der Waals surface area contributed by atoms with Crippen molar-refractivity contribution in [1.29, 1.82) is 0 Å². The van der Waals surface area contributed by atoms with E-state index in [1.807, 2.05) is 20.2 Å². The summed E-state index contributed by atoms with van der Waals surface area (Å²) in [4.78, 5) is 16.3. The zero-order chi connectivity index (χ0) is 25.1. The number of hydrogen-bond acceptors (Lipinski definition) is 4. The third-order valence-corrected chi connectivity index (χ3v) is 8.30. The SMILES string of the molecule is CCC[C@@]1(O)CC[C@@]2(Cc3ccccc3)c3ccc(OC(=O)N(C)CCN(C)C)cc3CCC2C1. The molecule has 2 aromatic rings. The van der Waals surface area contributed by atoms with Crippen molar-refractivity contribution in [3.63, 3.8) is 0 Å². The molecular formula is C30H42N2O3. The summed E-state index contributed by atoms with van der Waals surface area (Å²) in [6.45, 7) is 3.59. The highest BCUT2D eigenvalue weighted by Gasteiger charge is 2.51. The maximum absolute atomic E-state index is 12.6. The lowest BCUT2D eigenvalue weighted by molar-refractivity contribution is -0.0565. The summed E-state index contributed by atoms with van der Waals surface area (Å²) in [7, 11) is 5.77. The zero-order valence-electron chi connectivity index (χ0n) is 21.9. The largest absolute Gasteiger partial charge is 0.415 e. The van der Waals surface area contributed by atoms with Gasteiger partial charge in [-0.25, -0.2) is 4.79 Å². The van der Waals surface area contributed by atoms with Crippen molar-refractivity contribution in [2.75, 3.05) is 34.2 Å². The van der Waals surface area contributed by atoms with E-state index in [1.54, 1.807) is 11.9 Å². The standard InChI is InChI=1S/C30H42N2O3/c1-5-15-29(34)16-17-30(21-23-9-7-6-8-10-23)25(22-29)12-11-24-20-26(13-14-27(24)30)35-28(33)32(4)19-18-31(2)3/h6-10,13-14,20,25,34H,5,11-12,15-19,21-22H2,1-4H3/t25?,29-,30+/m1/s1. The number of fused-ring (bicyclic) bond motifs is 3. The van der Waals surface area contributed by atoms with Gasteiger partial charge in [-0.3, -0.25) is 0 Å². The molecule has 0 saturated heterocycles. The van der Waals surface area contributed by atoms with Crippen LogP contribution in [0.2, 0.25) is 0 Å². The normalized spacial score (nSPS) is 25.6. The van der Waals surface area contributed by atoms with Gasteiger partial charge in [0.15, 0.2) is 0 Å². The van der Waals surface area contributed by atoms with Crippen LogP contribution in [-0.4, -0.2) is 60.8 Å². The molecule has 5 nitrogen and oxygen atoms in total. The second-order valence-electron chi connectivity index (χ2n) is 11.1. The Bertz CT molecular complexity index is 1010. The van der Waals surface area contributed by atoms with E-state index in [0.717, 1.165) is 57.9 Å². The molecule has 2 aliphatic carbocycles. The summed E-state index contributed by atoms with van der Waals surface area (Å²) in [5, 5.41) is 11.3. The fourth-order valence-corrected chi connectivity index (χ4v) is 6.41. The molecule has 0 heterocycles. The third kappa shape index (κ3) is 5.73. The number of nitrogens with zero attached hydrogens (tertiary/aromatic N) is 2. The van der Waals surface area contributed by atoms with Crippen LogP contribution in [0.3, 0.4) is 0 Å². The van der Waals surface area contributed by atoms with E-state index in [4.69, 9.17) is 4.74 Å². The number of likely N-dealkylation sites (N-methyl/N-ethyl adjacent to an activating group) is 2. The van der Waals surface area contributed by atoms with Gasteiger partial charge in [-0.15, -0.1) is 0 Å². The number of rotatable bonds is 8. The molecule has 2 aromatic carbocycles. The minimum Gasteiger partial charge on any atom is -0.410 e. The number of ether oxygens (including phenoxy) is 1. The first-order valence-electron chi connectivity index (χ1n) is 13.2. The van der Waals surface area contributed by atoms with Gasteiger partial charge in [0.1, 0.15) is 5.75 Å². The minimum atomic E-state index is -0.538. The molecule has 0 spiro atoms. The highest BCUT2D eigenvalue weighted by Crippen LogP contribution is 2.55. The number of aryl methyl sites for hydroxylation is 1. The van der Waals surface area contributed by atoms with E-state index in [0.29, 0.717) is 18.2 Å². The topological polar surface area (TPSA) is 53.0 Å². The number of carbonyl (C=O) groups is 1. The molecule has 190 valence electrons. The average Bonchev–Trinajstić information content (AvgIpc) is 2.83. The second kappa shape index (κ2) is 10.7. The molecule has 1 amide bonds. The van der Waals surface area contributed by atoms with E-state index >= 15 is 0 Å². The summed E-state index contributed by atoms with van der Waals surface area (Å²) in [5.41, 5.74) is 3.50. The van der Waals surface area contributed by atoms with Crippen LogP contribution in [0.25, 0.3) is 0 Å². The van der Waals surface area contributed by atoms with Gasteiger partial charge in [0.05, 0.1) is 5.60 Å². The van der Waals surface area contributed by atoms with Crippen molar-refractivity contribution in [2.45, 2.75) is 69.3 Å². The van der Waals surface area contributed by atoms with Gasteiger partial charge in [-0.1, -0.05) is 49.7 Å². The molecule has 0 radical (unpaired) electrons. The van der Waals surface area contributed by atoms with Crippen LogP contribution in [0.15, 0.2) is 48.5 Å². The predicted octanol–water partition coefficient (Wildman–Crippen LogP) is 5.44. The Morgan fingerprint density at radius 3 is 2.57 bits per heavy atom. The predicted molar refractivity (Wildman–Crippen MR) is 141 cm³/mol. The molecule has 0 bridgehead atoms. The molecule has 0 aliphatic heterocycles. The number of aliphatic hydroxyl groups is 1. The van der Waals surface area contributed by atoms with Gasteiger partial charge >= 0.3 is 6.09 Å². The molecule has 1 N–H and O–H groups in total. The summed E-state index contributed by atoms with van der Waals surface area (Å²) in [6, 6.07) is 17.0. The summed E-state index contributed by atoms with van der Waals surface area (Å²) >= 11 is 0. The van der Waals surface area contributed by atoms with Crippen LogP contribution >= 0.6 is 0 Å². The quantitative estimate of drug-likeness (QED) is 0.549. The summed E-state index contributed by atoms with van der Waals surface area (Å²) in [6.07, 6.45) is 7.30. The first kappa shape index (κ1) is 25.7. The molecule has 35 heavy (non-hydrogen) atoms. The lowest BCUT2D eigenvalue weighted by atomic mass is 9.52. The number of hydrogen-bond donors (Lipinski definition) is 1. The highest BCUT2D eigenvalue weighted by atomic mass is 16.6. The first-order valence-corrected chi connectivity index (χ1v) is 13.2. The lowest BCUT2D eigenvalue weighted by Gasteiger charge is -2.53. The van der Waals surface area contributed by atoms with Crippen LogP contribution in [0.1, 0.15) is 62.1 Å².